The number of nitrogens with zero attached hydrogens (tertiary/aromatic N) is 1. The van der Waals surface area contributed by atoms with E-state index < -0.39 is 0 Å². The number of aryl methyl sites for hydroxylation is 1. The number of hydrogen-bond acceptors (Lipinski definition) is 2. The second-order valence-electron chi connectivity index (χ2n) is 7.36. The summed E-state index contributed by atoms with van der Waals surface area (Å²) in [6.45, 7) is 2.62. The summed E-state index contributed by atoms with van der Waals surface area (Å²) < 4.78 is 6.45. The summed E-state index contributed by atoms with van der Waals surface area (Å²) in [6, 6.07) is 26.9. The average Bonchev–Trinajstić information content (AvgIpc) is 2.81. The van der Waals surface area contributed by atoms with Crippen molar-refractivity contribution in [1.29, 1.82) is 5.26 Å². The highest BCUT2D eigenvalue weighted by atomic mass is 31.1. The van der Waals surface area contributed by atoms with Crippen molar-refractivity contribution < 1.29 is 4.74 Å². The molecule has 0 saturated carbocycles. The van der Waals surface area contributed by atoms with Crippen molar-refractivity contribution in [3.63, 3.8) is 0 Å². The third-order valence-corrected chi connectivity index (χ3v) is 6.29. The molecule has 0 spiro atoms. The topological polar surface area (TPSA) is 33.0 Å². The van der Waals surface area contributed by atoms with Gasteiger partial charge in [0.15, 0.2) is 0 Å². The predicted octanol–water partition coefficient (Wildman–Crippen LogP) is 6.92. The Morgan fingerprint density at radius 3 is 2.53 bits per heavy atom. The van der Waals surface area contributed by atoms with Gasteiger partial charge in [0, 0.05) is 5.56 Å². The maximum atomic E-state index is 9.70. The first kappa shape index (κ1) is 20.3. The van der Waals surface area contributed by atoms with Gasteiger partial charge in [-0.05, 0) is 53.0 Å². The van der Waals surface area contributed by atoms with E-state index in [-0.39, 0.29) is 6.10 Å². The largest absolute Gasteiger partial charge is 0.364 e. The van der Waals surface area contributed by atoms with Gasteiger partial charge in [0.1, 0.15) is 6.10 Å². The second kappa shape index (κ2) is 9.68. The van der Waals surface area contributed by atoms with E-state index in [4.69, 9.17) is 4.74 Å². The van der Waals surface area contributed by atoms with Crippen LogP contribution in [-0.2, 0) is 11.3 Å². The Morgan fingerprint density at radius 1 is 1.00 bits per heavy atom. The van der Waals surface area contributed by atoms with Crippen LogP contribution < -0.4 is 0 Å². The van der Waals surface area contributed by atoms with Gasteiger partial charge < -0.3 is 4.74 Å². The molecule has 3 aromatic carbocycles. The number of nitriles is 1. The van der Waals surface area contributed by atoms with E-state index in [1.165, 1.54) is 5.57 Å². The summed E-state index contributed by atoms with van der Waals surface area (Å²) in [7, 11) is 0.775. The van der Waals surface area contributed by atoms with Crippen LogP contribution >= 0.6 is 8.58 Å². The molecule has 2 atom stereocenters. The fourth-order valence-electron chi connectivity index (χ4n) is 3.71. The molecule has 3 aromatic rings. The molecule has 1 aliphatic rings. The minimum Gasteiger partial charge on any atom is -0.364 e. The first-order valence-corrected chi connectivity index (χ1v) is 11.4. The Balaban J connectivity index is 1.74. The fraction of sp³-hybridized carbons (Fsp3) is 0.148. The zero-order valence-electron chi connectivity index (χ0n) is 17.0. The first-order valence-electron chi connectivity index (χ1n) is 10.1. The molecular formula is C27H24NOP. The van der Waals surface area contributed by atoms with Crippen LogP contribution in [0.2, 0.25) is 0 Å². The highest BCUT2D eigenvalue weighted by Crippen LogP contribution is 2.37. The van der Waals surface area contributed by atoms with E-state index >= 15 is 0 Å². The van der Waals surface area contributed by atoms with E-state index in [9.17, 15) is 5.26 Å². The van der Waals surface area contributed by atoms with Gasteiger partial charge in [0.2, 0.25) is 0 Å². The van der Waals surface area contributed by atoms with Crippen molar-refractivity contribution in [3.8, 4) is 17.2 Å². The molecule has 0 fully saturated rings. The van der Waals surface area contributed by atoms with Crippen molar-refractivity contribution in [2.75, 3.05) is 6.16 Å². The van der Waals surface area contributed by atoms with Crippen LogP contribution in [0.15, 0.2) is 96.3 Å². The molecule has 4 rings (SSSR count). The smallest absolute Gasteiger partial charge is 0.108 e. The van der Waals surface area contributed by atoms with Crippen LogP contribution in [0.5, 0.6) is 0 Å². The lowest BCUT2D eigenvalue weighted by atomic mass is 9.92. The lowest BCUT2D eigenvalue weighted by molar-refractivity contribution is 0.0664. The van der Waals surface area contributed by atoms with Gasteiger partial charge in [-0.25, -0.2) is 0 Å². The molecule has 0 aliphatic carbocycles. The maximum Gasteiger partial charge on any atom is 0.108 e. The Kier molecular flexibility index (Phi) is 6.55. The van der Waals surface area contributed by atoms with Crippen molar-refractivity contribution in [1.82, 2.24) is 0 Å². The van der Waals surface area contributed by atoms with Gasteiger partial charge in [-0.3, -0.25) is 0 Å². The third kappa shape index (κ3) is 4.60. The van der Waals surface area contributed by atoms with Crippen LogP contribution in [0.3, 0.4) is 0 Å². The molecule has 1 aliphatic heterocycles. The SMILES string of the molecule is Cc1ccccc1-c1cc(C(OCc2ccccc2)C2=CPCC=C2)ccc1C#N. The van der Waals surface area contributed by atoms with Gasteiger partial charge in [-0.1, -0.05) is 87.2 Å². The molecule has 2 unspecified atom stereocenters. The van der Waals surface area contributed by atoms with E-state index in [0.29, 0.717) is 12.2 Å². The van der Waals surface area contributed by atoms with Crippen molar-refractivity contribution >= 4 is 8.58 Å². The monoisotopic (exact) mass is 409 g/mol. The molecule has 3 heteroatoms. The van der Waals surface area contributed by atoms with Gasteiger partial charge >= 0.3 is 0 Å². The molecule has 30 heavy (non-hydrogen) atoms. The van der Waals surface area contributed by atoms with E-state index in [1.54, 1.807) is 0 Å². The lowest BCUT2D eigenvalue weighted by Crippen LogP contribution is -2.08. The maximum absolute atomic E-state index is 9.70. The van der Waals surface area contributed by atoms with Gasteiger partial charge in [0.05, 0.1) is 18.2 Å². The molecule has 0 aromatic heterocycles. The molecule has 1 heterocycles. The van der Waals surface area contributed by atoms with E-state index in [0.717, 1.165) is 42.6 Å². The summed E-state index contributed by atoms with van der Waals surface area (Å²) in [4.78, 5) is 0. The lowest BCUT2D eigenvalue weighted by Gasteiger charge is -2.23. The van der Waals surface area contributed by atoms with Crippen LogP contribution in [0.4, 0.5) is 0 Å². The number of hydrogen-bond donors (Lipinski definition) is 0. The van der Waals surface area contributed by atoms with Crippen molar-refractivity contribution in [2.45, 2.75) is 19.6 Å². The Morgan fingerprint density at radius 2 is 1.80 bits per heavy atom. The Labute approximate surface area is 180 Å². The number of allylic oxidation sites excluding steroid dienone is 1. The Bertz CT molecular complexity index is 1130. The Hall–Kier alpha value is -2.98. The number of ether oxygens (including phenoxy) is 1. The van der Waals surface area contributed by atoms with Crippen LogP contribution in [0.1, 0.15) is 28.4 Å². The summed E-state index contributed by atoms with van der Waals surface area (Å²) in [6.07, 6.45) is 5.33. The minimum absolute atomic E-state index is 0.162. The van der Waals surface area contributed by atoms with Crippen LogP contribution in [0.25, 0.3) is 11.1 Å². The molecule has 148 valence electrons. The molecule has 0 amide bonds. The van der Waals surface area contributed by atoms with Gasteiger partial charge in [-0.2, -0.15) is 5.26 Å². The van der Waals surface area contributed by atoms with Gasteiger partial charge in [0.25, 0.3) is 0 Å². The summed E-state index contributed by atoms with van der Waals surface area (Å²) in [5.41, 5.74) is 7.31. The quantitative estimate of drug-likeness (QED) is 0.414. The second-order valence-corrected chi connectivity index (χ2v) is 8.47. The zero-order valence-corrected chi connectivity index (χ0v) is 18.0. The summed E-state index contributed by atoms with van der Waals surface area (Å²) in [5.74, 6) is 2.29. The van der Waals surface area contributed by atoms with Crippen molar-refractivity contribution in [3.05, 3.63) is 119 Å². The molecule has 0 N–H and O–H groups in total. The number of benzene rings is 3. The molecule has 0 bridgehead atoms. The molecule has 0 saturated heterocycles. The summed E-state index contributed by atoms with van der Waals surface area (Å²) in [5, 5.41) is 9.70. The third-order valence-electron chi connectivity index (χ3n) is 5.28. The minimum atomic E-state index is -0.162. The zero-order chi connectivity index (χ0) is 20.8. The van der Waals surface area contributed by atoms with Crippen molar-refractivity contribution in [2.24, 2.45) is 0 Å². The molecule has 0 radical (unpaired) electrons. The van der Waals surface area contributed by atoms with E-state index in [2.05, 4.69) is 61.3 Å². The molecular weight excluding hydrogens is 385 g/mol. The average molecular weight is 409 g/mol. The fourth-order valence-corrected chi connectivity index (χ4v) is 4.57. The summed E-state index contributed by atoms with van der Waals surface area (Å²) >= 11 is 0. The highest BCUT2D eigenvalue weighted by Gasteiger charge is 2.19. The first-order chi connectivity index (χ1) is 14.8. The standard InChI is InChI=1S/C27H24NOP/c1-20-8-5-6-12-25(20)26-16-22(13-14-23(26)17-28)27(24-11-7-15-30-19-24)29-18-21-9-3-2-4-10-21/h2-14,16,19,27,30H,15,18H2,1H3. The van der Waals surface area contributed by atoms with E-state index in [1.807, 2.05) is 42.5 Å². The highest BCUT2D eigenvalue weighted by molar-refractivity contribution is 7.42. The van der Waals surface area contributed by atoms with Crippen LogP contribution in [-0.4, -0.2) is 6.16 Å². The number of rotatable bonds is 6. The molecule has 2 nitrogen and oxygen atoms in total. The predicted molar refractivity (Wildman–Crippen MR) is 126 cm³/mol. The van der Waals surface area contributed by atoms with Gasteiger partial charge in [-0.15, -0.1) is 0 Å². The normalized spacial score (nSPS) is 14.9. The van der Waals surface area contributed by atoms with Crippen LogP contribution in [0, 0.1) is 18.3 Å².